The van der Waals surface area contributed by atoms with Crippen molar-refractivity contribution in [2.45, 2.75) is 53.6 Å². The SMILES string of the molecule is Cc1cc(C)c([C@H]2N=CC=CN[C@H]2c2c(C)cc(C)cc2C)c(C)c1. The number of hydrogen-bond donors (Lipinski definition) is 1. The molecule has 0 bridgehead atoms. The van der Waals surface area contributed by atoms with Crippen molar-refractivity contribution in [2.75, 3.05) is 0 Å². The lowest BCUT2D eigenvalue weighted by molar-refractivity contribution is 0.508. The van der Waals surface area contributed by atoms with E-state index in [-0.39, 0.29) is 12.1 Å². The van der Waals surface area contributed by atoms with Crippen LogP contribution in [0.15, 0.2) is 41.5 Å². The van der Waals surface area contributed by atoms with Crippen molar-refractivity contribution in [3.8, 4) is 0 Å². The first-order valence-corrected chi connectivity index (χ1v) is 8.98. The van der Waals surface area contributed by atoms with Crippen molar-refractivity contribution in [2.24, 2.45) is 4.99 Å². The number of aryl methyl sites for hydroxylation is 6. The van der Waals surface area contributed by atoms with Crippen molar-refractivity contribution >= 4 is 6.21 Å². The Labute approximate surface area is 151 Å². The normalized spacial score (nSPS) is 19.6. The molecule has 0 radical (unpaired) electrons. The van der Waals surface area contributed by atoms with Gasteiger partial charge in [-0.05, 0) is 87.2 Å². The van der Waals surface area contributed by atoms with Crippen LogP contribution in [0.4, 0.5) is 0 Å². The highest BCUT2D eigenvalue weighted by Gasteiger charge is 2.29. The summed E-state index contributed by atoms with van der Waals surface area (Å²) in [5.41, 5.74) is 10.6. The van der Waals surface area contributed by atoms with Crippen LogP contribution in [0.5, 0.6) is 0 Å². The van der Waals surface area contributed by atoms with E-state index in [2.05, 4.69) is 71.1 Å². The van der Waals surface area contributed by atoms with Gasteiger partial charge >= 0.3 is 0 Å². The van der Waals surface area contributed by atoms with Gasteiger partial charge in [-0.1, -0.05) is 35.4 Å². The fraction of sp³-hybridized carbons (Fsp3) is 0.348. The van der Waals surface area contributed by atoms with Gasteiger partial charge in [0.1, 0.15) is 0 Å². The number of nitrogens with zero attached hydrogens (tertiary/aromatic N) is 1. The molecule has 130 valence electrons. The van der Waals surface area contributed by atoms with Crippen LogP contribution in [0, 0.1) is 41.5 Å². The second kappa shape index (κ2) is 6.87. The molecule has 0 amide bonds. The standard InChI is InChI=1S/C23H28N2/c1-14-10-16(3)20(17(4)11-14)22-23(25-9-7-8-24-22)21-18(5)12-15(2)13-19(21)6/h7-13,22-24H,1-6H3/t22-,23+/m0/s1. The molecule has 2 aromatic carbocycles. The Kier molecular flexibility index (Phi) is 4.80. The number of benzene rings is 2. The third-order valence-electron chi connectivity index (χ3n) is 5.10. The van der Waals surface area contributed by atoms with Gasteiger partial charge in [0.2, 0.25) is 0 Å². The maximum absolute atomic E-state index is 4.93. The summed E-state index contributed by atoms with van der Waals surface area (Å²) >= 11 is 0. The number of rotatable bonds is 2. The molecule has 2 nitrogen and oxygen atoms in total. The Balaban J connectivity index is 2.18. The van der Waals surface area contributed by atoms with Gasteiger partial charge in [-0.3, -0.25) is 4.99 Å². The molecule has 1 heterocycles. The maximum Gasteiger partial charge on any atom is 0.0997 e. The van der Waals surface area contributed by atoms with Gasteiger partial charge in [-0.25, -0.2) is 0 Å². The van der Waals surface area contributed by atoms with Crippen molar-refractivity contribution in [3.05, 3.63) is 81.0 Å². The molecule has 1 N–H and O–H groups in total. The van der Waals surface area contributed by atoms with E-state index in [0.29, 0.717) is 0 Å². The molecular formula is C23H28N2. The topological polar surface area (TPSA) is 24.4 Å². The van der Waals surface area contributed by atoms with Crippen LogP contribution in [-0.4, -0.2) is 6.21 Å². The first-order chi connectivity index (χ1) is 11.9. The molecule has 0 saturated heterocycles. The number of nitrogens with one attached hydrogen (secondary N) is 1. The monoisotopic (exact) mass is 332 g/mol. The largest absolute Gasteiger partial charge is 0.382 e. The Bertz CT molecular complexity index is 812. The third-order valence-corrected chi connectivity index (χ3v) is 5.10. The Morgan fingerprint density at radius 3 is 1.72 bits per heavy atom. The molecular weight excluding hydrogens is 304 g/mol. The minimum atomic E-state index is 0.0655. The number of hydrogen-bond acceptors (Lipinski definition) is 2. The summed E-state index contributed by atoms with van der Waals surface area (Å²) in [4.78, 5) is 4.93. The lowest BCUT2D eigenvalue weighted by Crippen LogP contribution is -2.24. The van der Waals surface area contributed by atoms with Crippen LogP contribution in [0.3, 0.4) is 0 Å². The Morgan fingerprint density at radius 1 is 0.720 bits per heavy atom. The zero-order chi connectivity index (χ0) is 18.1. The summed E-state index contributed by atoms with van der Waals surface area (Å²) in [5, 5.41) is 3.61. The molecule has 2 atom stereocenters. The van der Waals surface area contributed by atoms with Crippen LogP contribution in [-0.2, 0) is 0 Å². The summed E-state index contributed by atoms with van der Waals surface area (Å²) in [7, 11) is 0. The van der Waals surface area contributed by atoms with E-state index in [4.69, 9.17) is 4.99 Å². The summed E-state index contributed by atoms with van der Waals surface area (Å²) in [6, 6.07) is 9.28. The third kappa shape index (κ3) is 3.39. The molecule has 0 spiro atoms. The summed E-state index contributed by atoms with van der Waals surface area (Å²) in [6.07, 6.45) is 5.94. The van der Waals surface area contributed by atoms with E-state index < -0.39 is 0 Å². The van der Waals surface area contributed by atoms with Gasteiger partial charge in [0, 0.05) is 6.21 Å². The molecule has 25 heavy (non-hydrogen) atoms. The molecule has 1 aliphatic rings. The van der Waals surface area contributed by atoms with Gasteiger partial charge in [0.15, 0.2) is 0 Å². The predicted molar refractivity (Wildman–Crippen MR) is 108 cm³/mol. The highest BCUT2D eigenvalue weighted by atomic mass is 15.0. The molecule has 1 aliphatic heterocycles. The molecule has 0 saturated carbocycles. The van der Waals surface area contributed by atoms with Crippen molar-refractivity contribution < 1.29 is 0 Å². The molecule has 0 fully saturated rings. The summed E-state index contributed by atoms with van der Waals surface area (Å²) < 4.78 is 0. The van der Waals surface area contributed by atoms with E-state index in [1.54, 1.807) is 0 Å². The van der Waals surface area contributed by atoms with Crippen LogP contribution >= 0.6 is 0 Å². The fourth-order valence-corrected chi connectivity index (χ4v) is 4.34. The first-order valence-electron chi connectivity index (χ1n) is 8.98. The fourth-order valence-electron chi connectivity index (χ4n) is 4.34. The van der Waals surface area contributed by atoms with E-state index >= 15 is 0 Å². The lowest BCUT2D eigenvalue weighted by Gasteiger charge is -2.30. The minimum Gasteiger partial charge on any atom is -0.382 e. The van der Waals surface area contributed by atoms with Crippen LogP contribution in [0.2, 0.25) is 0 Å². The zero-order valence-electron chi connectivity index (χ0n) is 16.1. The van der Waals surface area contributed by atoms with E-state index in [9.17, 15) is 0 Å². The maximum atomic E-state index is 4.93. The molecule has 2 heteroatoms. The average Bonchev–Trinajstić information content (AvgIpc) is 2.71. The van der Waals surface area contributed by atoms with Crippen LogP contribution in [0.25, 0.3) is 0 Å². The van der Waals surface area contributed by atoms with E-state index in [0.717, 1.165) is 0 Å². The lowest BCUT2D eigenvalue weighted by atomic mass is 9.84. The Morgan fingerprint density at radius 2 is 1.20 bits per heavy atom. The first kappa shape index (κ1) is 17.5. The van der Waals surface area contributed by atoms with Crippen molar-refractivity contribution in [1.29, 1.82) is 0 Å². The molecule has 0 unspecified atom stereocenters. The average molecular weight is 332 g/mol. The highest BCUT2D eigenvalue weighted by molar-refractivity contribution is 5.72. The van der Waals surface area contributed by atoms with Gasteiger partial charge in [0.25, 0.3) is 0 Å². The predicted octanol–water partition coefficient (Wildman–Crippen LogP) is 5.51. The molecule has 3 rings (SSSR count). The molecule has 0 aliphatic carbocycles. The van der Waals surface area contributed by atoms with Crippen molar-refractivity contribution in [1.82, 2.24) is 5.32 Å². The van der Waals surface area contributed by atoms with Crippen LogP contribution < -0.4 is 5.32 Å². The van der Waals surface area contributed by atoms with Gasteiger partial charge in [0.05, 0.1) is 12.1 Å². The van der Waals surface area contributed by atoms with E-state index in [1.807, 2.05) is 18.5 Å². The smallest absolute Gasteiger partial charge is 0.0997 e. The highest BCUT2D eigenvalue weighted by Crippen LogP contribution is 2.39. The number of allylic oxidation sites excluding steroid dienone is 1. The summed E-state index contributed by atoms with van der Waals surface area (Å²) in [6.45, 7) is 13.1. The molecule has 0 aromatic heterocycles. The zero-order valence-corrected chi connectivity index (χ0v) is 16.1. The van der Waals surface area contributed by atoms with Gasteiger partial charge < -0.3 is 5.32 Å². The van der Waals surface area contributed by atoms with Gasteiger partial charge in [-0.15, -0.1) is 0 Å². The van der Waals surface area contributed by atoms with Crippen LogP contribution in [0.1, 0.15) is 56.6 Å². The summed E-state index contributed by atoms with van der Waals surface area (Å²) in [5.74, 6) is 0. The second-order valence-electron chi connectivity index (χ2n) is 7.37. The quantitative estimate of drug-likeness (QED) is 0.770. The Hall–Kier alpha value is -2.35. The van der Waals surface area contributed by atoms with Gasteiger partial charge in [-0.2, -0.15) is 0 Å². The number of aliphatic imine (C=N–C) groups is 1. The second-order valence-corrected chi connectivity index (χ2v) is 7.37. The van der Waals surface area contributed by atoms with E-state index in [1.165, 1.54) is 44.5 Å². The molecule has 2 aromatic rings. The minimum absolute atomic E-state index is 0.0655. The van der Waals surface area contributed by atoms with Crippen molar-refractivity contribution in [3.63, 3.8) is 0 Å².